The lowest BCUT2D eigenvalue weighted by Crippen LogP contribution is -2.43. The molecular weight excluding hydrogens is 288 g/mol. The van der Waals surface area contributed by atoms with Crippen LogP contribution in [0.5, 0.6) is 0 Å². The van der Waals surface area contributed by atoms with E-state index in [0.717, 1.165) is 25.8 Å². The van der Waals surface area contributed by atoms with E-state index in [-0.39, 0.29) is 11.8 Å². The Bertz CT molecular complexity index is 575. The fraction of sp³-hybridized carbons (Fsp3) is 0.579. The average Bonchev–Trinajstić information content (AvgIpc) is 2.53. The summed E-state index contributed by atoms with van der Waals surface area (Å²) in [6, 6.07) is 7.61. The van der Waals surface area contributed by atoms with Crippen molar-refractivity contribution < 1.29 is 9.59 Å². The van der Waals surface area contributed by atoms with Gasteiger partial charge < -0.3 is 10.2 Å². The number of hydrogen-bond donors (Lipinski definition) is 1. The van der Waals surface area contributed by atoms with Gasteiger partial charge >= 0.3 is 0 Å². The molecule has 1 fully saturated rings. The SMILES string of the molecule is CCC1CCCCN1C(=O)c1cccc(NC(=O)C(C)(C)C)c1. The van der Waals surface area contributed by atoms with Gasteiger partial charge in [0.1, 0.15) is 0 Å². The Balaban J connectivity index is 2.15. The maximum absolute atomic E-state index is 12.8. The van der Waals surface area contributed by atoms with Crippen LogP contribution < -0.4 is 5.32 Å². The molecule has 1 aromatic rings. The lowest BCUT2D eigenvalue weighted by molar-refractivity contribution is -0.123. The summed E-state index contributed by atoms with van der Waals surface area (Å²) in [6.45, 7) is 8.58. The van der Waals surface area contributed by atoms with Gasteiger partial charge in [0.15, 0.2) is 0 Å². The Morgan fingerprint density at radius 1 is 1.26 bits per heavy atom. The first-order valence-corrected chi connectivity index (χ1v) is 8.55. The minimum atomic E-state index is -0.458. The van der Waals surface area contributed by atoms with Crippen molar-refractivity contribution in [3.05, 3.63) is 29.8 Å². The molecule has 0 bridgehead atoms. The number of carbonyl (C=O) groups excluding carboxylic acids is 2. The summed E-state index contributed by atoms with van der Waals surface area (Å²) in [6.07, 6.45) is 4.35. The van der Waals surface area contributed by atoms with E-state index >= 15 is 0 Å². The molecule has 2 amide bonds. The van der Waals surface area contributed by atoms with E-state index in [1.807, 2.05) is 43.9 Å². The zero-order chi connectivity index (χ0) is 17.0. The van der Waals surface area contributed by atoms with Crippen molar-refractivity contribution in [2.24, 2.45) is 5.41 Å². The lowest BCUT2D eigenvalue weighted by atomic mass is 9.95. The van der Waals surface area contributed by atoms with Crippen LogP contribution in [-0.2, 0) is 4.79 Å². The van der Waals surface area contributed by atoms with Gasteiger partial charge in [0.05, 0.1) is 0 Å². The van der Waals surface area contributed by atoms with E-state index in [9.17, 15) is 9.59 Å². The molecule has 0 spiro atoms. The van der Waals surface area contributed by atoms with Gasteiger partial charge in [-0.1, -0.05) is 33.8 Å². The van der Waals surface area contributed by atoms with Crippen LogP contribution in [0.1, 0.15) is 63.7 Å². The van der Waals surface area contributed by atoms with Gasteiger partial charge in [0, 0.05) is 29.3 Å². The van der Waals surface area contributed by atoms with Crippen molar-refractivity contribution in [3.63, 3.8) is 0 Å². The van der Waals surface area contributed by atoms with Crippen LogP contribution in [0.15, 0.2) is 24.3 Å². The van der Waals surface area contributed by atoms with Crippen molar-refractivity contribution in [3.8, 4) is 0 Å². The number of carbonyl (C=O) groups is 2. The molecule has 1 aromatic carbocycles. The standard InChI is InChI=1S/C19H28N2O2/c1-5-16-11-6-7-12-21(16)17(22)14-9-8-10-15(13-14)20-18(23)19(2,3)4/h8-10,13,16H,5-7,11-12H2,1-4H3,(H,20,23). The molecule has 23 heavy (non-hydrogen) atoms. The molecule has 1 atom stereocenters. The van der Waals surface area contributed by atoms with E-state index in [0.29, 0.717) is 17.3 Å². The fourth-order valence-electron chi connectivity index (χ4n) is 2.91. The van der Waals surface area contributed by atoms with Gasteiger partial charge in [-0.3, -0.25) is 9.59 Å². The first-order valence-electron chi connectivity index (χ1n) is 8.55. The molecular formula is C19H28N2O2. The second kappa shape index (κ2) is 7.16. The highest BCUT2D eigenvalue weighted by atomic mass is 16.2. The van der Waals surface area contributed by atoms with Crippen molar-refractivity contribution in [2.45, 2.75) is 59.4 Å². The summed E-state index contributed by atoms with van der Waals surface area (Å²) in [5, 5.41) is 2.90. The second-order valence-corrected chi connectivity index (χ2v) is 7.34. The molecule has 1 heterocycles. The topological polar surface area (TPSA) is 49.4 Å². The van der Waals surface area contributed by atoms with Crippen LogP contribution in [-0.4, -0.2) is 29.3 Å². The van der Waals surface area contributed by atoms with Crippen molar-refractivity contribution in [1.29, 1.82) is 0 Å². The molecule has 1 saturated heterocycles. The Kier molecular flexibility index (Phi) is 5.45. The zero-order valence-electron chi connectivity index (χ0n) is 14.7. The molecule has 1 aliphatic heterocycles. The number of anilines is 1. The molecule has 1 unspecified atom stereocenters. The van der Waals surface area contributed by atoms with Crippen LogP contribution in [0, 0.1) is 5.41 Å². The van der Waals surface area contributed by atoms with Gasteiger partial charge in [-0.2, -0.15) is 0 Å². The highest BCUT2D eigenvalue weighted by Crippen LogP contribution is 2.23. The minimum absolute atomic E-state index is 0.0495. The highest BCUT2D eigenvalue weighted by Gasteiger charge is 2.26. The number of nitrogens with zero attached hydrogens (tertiary/aromatic N) is 1. The number of likely N-dealkylation sites (tertiary alicyclic amines) is 1. The van der Waals surface area contributed by atoms with Crippen LogP contribution >= 0.6 is 0 Å². The first-order chi connectivity index (χ1) is 10.8. The molecule has 2 rings (SSSR count). The third-order valence-corrected chi connectivity index (χ3v) is 4.41. The molecule has 4 heteroatoms. The quantitative estimate of drug-likeness (QED) is 0.913. The highest BCUT2D eigenvalue weighted by molar-refractivity contribution is 5.98. The van der Waals surface area contributed by atoms with Crippen molar-refractivity contribution in [2.75, 3.05) is 11.9 Å². The second-order valence-electron chi connectivity index (χ2n) is 7.34. The molecule has 0 aliphatic carbocycles. The van der Waals surface area contributed by atoms with Gasteiger partial charge in [-0.25, -0.2) is 0 Å². The van der Waals surface area contributed by atoms with Gasteiger partial charge in [0.2, 0.25) is 5.91 Å². The summed E-state index contributed by atoms with van der Waals surface area (Å²) in [5.74, 6) is 0.0231. The van der Waals surface area contributed by atoms with E-state index in [4.69, 9.17) is 0 Å². The Morgan fingerprint density at radius 3 is 2.65 bits per heavy atom. The maximum Gasteiger partial charge on any atom is 0.254 e. The van der Waals surface area contributed by atoms with E-state index < -0.39 is 5.41 Å². The minimum Gasteiger partial charge on any atom is -0.336 e. The average molecular weight is 316 g/mol. The number of amides is 2. The van der Waals surface area contributed by atoms with E-state index in [1.54, 1.807) is 6.07 Å². The largest absolute Gasteiger partial charge is 0.336 e. The number of benzene rings is 1. The first kappa shape index (κ1) is 17.5. The van der Waals surface area contributed by atoms with E-state index in [2.05, 4.69) is 12.2 Å². The molecule has 1 aliphatic rings. The lowest BCUT2D eigenvalue weighted by Gasteiger charge is -2.35. The Hall–Kier alpha value is -1.84. The summed E-state index contributed by atoms with van der Waals surface area (Å²) in [5.41, 5.74) is 0.873. The smallest absolute Gasteiger partial charge is 0.254 e. The summed E-state index contributed by atoms with van der Waals surface area (Å²) < 4.78 is 0. The fourth-order valence-corrected chi connectivity index (χ4v) is 2.91. The number of hydrogen-bond acceptors (Lipinski definition) is 2. The number of piperidine rings is 1. The van der Waals surface area contributed by atoms with Gasteiger partial charge in [-0.05, 0) is 43.9 Å². The van der Waals surface area contributed by atoms with Crippen LogP contribution in [0.25, 0.3) is 0 Å². The Morgan fingerprint density at radius 2 is 2.00 bits per heavy atom. The molecule has 0 aromatic heterocycles. The summed E-state index contributed by atoms with van der Waals surface area (Å²) in [4.78, 5) is 26.9. The normalized spacial score (nSPS) is 18.6. The number of nitrogens with one attached hydrogen (secondary N) is 1. The predicted octanol–water partition coefficient (Wildman–Crippen LogP) is 4.08. The van der Waals surface area contributed by atoms with Crippen LogP contribution in [0.4, 0.5) is 5.69 Å². The van der Waals surface area contributed by atoms with Gasteiger partial charge in [0.25, 0.3) is 5.91 Å². The molecule has 0 saturated carbocycles. The zero-order valence-corrected chi connectivity index (χ0v) is 14.7. The maximum atomic E-state index is 12.8. The molecule has 1 N–H and O–H groups in total. The monoisotopic (exact) mass is 316 g/mol. The summed E-state index contributed by atoms with van der Waals surface area (Å²) >= 11 is 0. The van der Waals surface area contributed by atoms with E-state index in [1.165, 1.54) is 6.42 Å². The van der Waals surface area contributed by atoms with Crippen molar-refractivity contribution in [1.82, 2.24) is 4.90 Å². The third-order valence-electron chi connectivity index (χ3n) is 4.41. The van der Waals surface area contributed by atoms with Crippen LogP contribution in [0.2, 0.25) is 0 Å². The number of rotatable bonds is 3. The third kappa shape index (κ3) is 4.34. The van der Waals surface area contributed by atoms with Crippen molar-refractivity contribution >= 4 is 17.5 Å². The molecule has 0 radical (unpaired) electrons. The molecule has 126 valence electrons. The summed E-state index contributed by atoms with van der Waals surface area (Å²) in [7, 11) is 0. The van der Waals surface area contributed by atoms with Gasteiger partial charge in [-0.15, -0.1) is 0 Å². The predicted molar refractivity (Wildman–Crippen MR) is 93.5 cm³/mol. The molecule has 4 nitrogen and oxygen atoms in total. The Labute approximate surface area is 139 Å². The van der Waals surface area contributed by atoms with Crippen LogP contribution in [0.3, 0.4) is 0 Å².